The first kappa shape index (κ1) is 10.2. The molecule has 0 atom stereocenters. The standard InChI is InChI=1S/C7H5NS2.K.H/c9-7-5-3-1-2-4-6(5)10-8-7;;/h1-4H,(H,8,9);;. The van der Waals surface area contributed by atoms with E-state index in [0.717, 1.165) is 10.4 Å². The Morgan fingerprint density at radius 3 is 2.73 bits per heavy atom. The Kier molecular flexibility index (Phi) is 4.04. The third-order valence-corrected chi connectivity index (χ3v) is 2.66. The van der Waals surface area contributed by atoms with Gasteiger partial charge >= 0.3 is 51.4 Å². The Balaban J connectivity index is 0.000000605. The van der Waals surface area contributed by atoms with Crippen molar-refractivity contribution >= 4 is 85.6 Å². The van der Waals surface area contributed by atoms with Crippen LogP contribution in [0.25, 0.3) is 10.1 Å². The predicted octanol–water partition coefficient (Wildman–Crippen LogP) is 1.94. The van der Waals surface area contributed by atoms with Crippen molar-refractivity contribution in [1.82, 2.24) is 4.37 Å². The molecule has 0 aliphatic rings. The van der Waals surface area contributed by atoms with Gasteiger partial charge in [-0.3, -0.25) is 0 Å². The molecule has 0 saturated heterocycles. The van der Waals surface area contributed by atoms with Gasteiger partial charge in [0.25, 0.3) is 0 Å². The molecule has 0 aliphatic carbocycles. The first-order valence-electron chi connectivity index (χ1n) is 2.91. The van der Waals surface area contributed by atoms with Crippen LogP contribution in [-0.2, 0) is 0 Å². The molecule has 0 unspecified atom stereocenters. The van der Waals surface area contributed by atoms with Crippen LogP contribution in [0.15, 0.2) is 29.3 Å². The molecule has 2 rings (SSSR count). The molecule has 2 aromatic rings. The van der Waals surface area contributed by atoms with Crippen molar-refractivity contribution in [2.24, 2.45) is 0 Å². The third kappa shape index (κ3) is 2.06. The quantitative estimate of drug-likeness (QED) is 0.514. The van der Waals surface area contributed by atoms with Crippen molar-refractivity contribution in [3.05, 3.63) is 24.3 Å². The van der Waals surface area contributed by atoms with E-state index in [2.05, 4.69) is 17.0 Å². The van der Waals surface area contributed by atoms with Gasteiger partial charge in [0.05, 0.1) is 4.70 Å². The predicted molar refractivity (Wildman–Crippen MR) is 54.0 cm³/mol. The van der Waals surface area contributed by atoms with Gasteiger partial charge in [-0.15, -0.1) is 12.6 Å². The summed E-state index contributed by atoms with van der Waals surface area (Å²) in [5.41, 5.74) is 0. The van der Waals surface area contributed by atoms with Gasteiger partial charge in [-0.05, 0) is 17.6 Å². The fraction of sp³-hybridized carbons (Fsp3) is 0. The van der Waals surface area contributed by atoms with Crippen LogP contribution in [0.3, 0.4) is 0 Å². The number of hydrogen-bond donors (Lipinski definition) is 1. The summed E-state index contributed by atoms with van der Waals surface area (Å²) in [7, 11) is 0. The molecule has 0 amide bonds. The Morgan fingerprint density at radius 2 is 2.00 bits per heavy atom. The van der Waals surface area contributed by atoms with Crippen LogP contribution in [0.1, 0.15) is 0 Å². The van der Waals surface area contributed by atoms with Crippen LogP contribution in [-0.4, -0.2) is 55.8 Å². The molecule has 0 N–H and O–H groups in total. The Labute approximate surface area is 117 Å². The zero-order valence-electron chi connectivity index (χ0n) is 5.11. The summed E-state index contributed by atoms with van der Waals surface area (Å²) >= 11 is 5.69. The zero-order valence-corrected chi connectivity index (χ0v) is 6.82. The zero-order chi connectivity index (χ0) is 6.97. The number of hydrogen-bond acceptors (Lipinski definition) is 3. The molecule has 4 heteroatoms. The Morgan fingerprint density at radius 1 is 1.27 bits per heavy atom. The summed E-state index contributed by atoms with van der Waals surface area (Å²) in [5.74, 6) is 0. The van der Waals surface area contributed by atoms with Crippen molar-refractivity contribution in [2.75, 3.05) is 0 Å². The monoisotopic (exact) mass is 207 g/mol. The molecular weight excluding hydrogens is 201 g/mol. The molecule has 11 heavy (non-hydrogen) atoms. The van der Waals surface area contributed by atoms with Crippen molar-refractivity contribution in [3.63, 3.8) is 0 Å². The van der Waals surface area contributed by atoms with E-state index < -0.39 is 0 Å². The van der Waals surface area contributed by atoms with Gasteiger partial charge in [0.1, 0.15) is 5.03 Å². The fourth-order valence-electron chi connectivity index (χ4n) is 0.873. The average molecular weight is 207 g/mol. The van der Waals surface area contributed by atoms with Crippen LogP contribution >= 0.6 is 24.2 Å². The first-order chi connectivity index (χ1) is 4.88. The molecule has 1 aromatic carbocycles. The van der Waals surface area contributed by atoms with E-state index in [4.69, 9.17) is 0 Å². The second-order valence-electron chi connectivity index (χ2n) is 2.00. The van der Waals surface area contributed by atoms with Crippen LogP contribution in [0, 0.1) is 0 Å². The van der Waals surface area contributed by atoms with Gasteiger partial charge in [-0.2, -0.15) is 4.37 Å². The Hall–Kier alpha value is 1.10. The van der Waals surface area contributed by atoms with Gasteiger partial charge in [0, 0.05) is 5.39 Å². The van der Waals surface area contributed by atoms with E-state index in [1.165, 1.54) is 16.2 Å². The number of rotatable bonds is 0. The van der Waals surface area contributed by atoms with E-state index in [1.54, 1.807) is 0 Å². The Bertz CT molecular complexity index is 358. The summed E-state index contributed by atoms with van der Waals surface area (Å²) in [5, 5.41) is 1.98. The number of aromatic nitrogens is 1. The summed E-state index contributed by atoms with van der Waals surface area (Å²) in [6, 6.07) is 8.08. The van der Waals surface area contributed by atoms with E-state index in [1.807, 2.05) is 24.3 Å². The molecule has 0 aliphatic heterocycles. The molecule has 0 bridgehead atoms. The van der Waals surface area contributed by atoms with E-state index in [9.17, 15) is 0 Å². The molecule has 0 spiro atoms. The fourth-order valence-corrected chi connectivity index (χ4v) is 1.95. The van der Waals surface area contributed by atoms with Crippen molar-refractivity contribution in [2.45, 2.75) is 5.03 Å². The van der Waals surface area contributed by atoms with E-state index in [0.29, 0.717) is 0 Å². The second kappa shape index (κ2) is 4.37. The SMILES string of the molecule is Sc1nsc2ccccc12.[KH]. The molecule has 1 aromatic heterocycles. The van der Waals surface area contributed by atoms with Crippen molar-refractivity contribution in [3.8, 4) is 0 Å². The number of nitrogens with zero attached hydrogens (tertiary/aromatic N) is 1. The molecule has 0 saturated carbocycles. The first-order valence-corrected chi connectivity index (χ1v) is 4.13. The van der Waals surface area contributed by atoms with Crippen molar-refractivity contribution < 1.29 is 0 Å². The minimum absolute atomic E-state index is 0. The number of fused-ring (bicyclic) bond motifs is 1. The summed E-state index contributed by atoms with van der Waals surface area (Å²) < 4.78 is 5.30. The normalized spacial score (nSPS) is 9.55. The van der Waals surface area contributed by atoms with Crippen LogP contribution in [0.4, 0.5) is 0 Å². The molecule has 1 heterocycles. The van der Waals surface area contributed by atoms with E-state index in [-0.39, 0.29) is 51.4 Å². The van der Waals surface area contributed by atoms with Gasteiger partial charge in [0.15, 0.2) is 0 Å². The minimum atomic E-state index is 0. The molecular formula is C7H6KNS2. The molecule has 52 valence electrons. The van der Waals surface area contributed by atoms with Crippen LogP contribution < -0.4 is 0 Å². The van der Waals surface area contributed by atoms with E-state index >= 15 is 0 Å². The molecule has 0 radical (unpaired) electrons. The molecule has 0 fully saturated rings. The van der Waals surface area contributed by atoms with Gasteiger partial charge in [-0.25, -0.2) is 0 Å². The number of thiol groups is 1. The van der Waals surface area contributed by atoms with Gasteiger partial charge in [-0.1, -0.05) is 18.2 Å². The van der Waals surface area contributed by atoms with Gasteiger partial charge < -0.3 is 0 Å². The van der Waals surface area contributed by atoms with Gasteiger partial charge in [0.2, 0.25) is 0 Å². The third-order valence-electron chi connectivity index (χ3n) is 1.36. The maximum atomic E-state index is 4.20. The topological polar surface area (TPSA) is 12.9 Å². The average Bonchev–Trinajstić information content (AvgIpc) is 2.34. The summed E-state index contributed by atoms with van der Waals surface area (Å²) in [4.78, 5) is 0. The molecule has 1 nitrogen and oxygen atoms in total. The maximum absolute atomic E-state index is 4.20. The van der Waals surface area contributed by atoms with Crippen LogP contribution in [0.2, 0.25) is 0 Å². The van der Waals surface area contributed by atoms with Crippen molar-refractivity contribution in [1.29, 1.82) is 0 Å². The summed E-state index contributed by atoms with van der Waals surface area (Å²) in [6.45, 7) is 0. The second-order valence-corrected chi connectivity index (χ2v) is 3.23. The number of benzene rings is 1. The van der Waals surface area contributed by atoms with Crippen LogP contribution in [0.5, 0.6) is 0 Å². The summed E-state index contributed by atoms with van der Waals surface area (Å²) in [6.07, 6.45) is 0.